The number of unbranched alkanes of at least 4 members (excludes halogenated alkanes) is 1. The Bertz CT molecular complexity index is 1050. The average Bonchev–Trinajstić information content (AvgIpc) is 2.82. The highest BCUT2D eigenvalue weighted by molar-refractivity contribution is 6.05. The van der Waals surface area contributed by atoms with Gasteiger partial charge in [-0.15, -0.1) is 0 Å². The largest absolute Gasteiger partial charge is 0.478 e. The summed E-state index contributed by atoms with van der Waals surface area (Å²) < 4.78 is 5.08. The van der Waals surface area contributed by atoms with Gasteiger partial charge in [0.1, 0.15) is 11.1 Å². The SMILES string of the molecule is CCCCOC(=O)c1cccc(OOc2cccc(C(=O)OOC)c2C(=O)OOC)c1C(=O)O. The molecule has 0 aromatic heterocycles. The number of hydrogen-bond donors (Lipinski definition) is 1. The van der Waals surface area contributed by atoms with E-state index in [0.717, 1.165) is 20.6 Å². The number of esters is 1. The predicted octanol–water partition coefficient (Wildman–Crippen LogP) is 3.15. The van der Waals surface area contributed by atoms with E-state index in [1.54, 1.807) is 0 Å². The first-order valence-electron chi connectivity index (χ1n) is 9.86. The second-order valence-electron chi connectivity index (χ2n) is 6.39. The summed E-state index contributed by atoms with van der Waals surface area (Å²) in [5, 5.41) is 9.64. The normalized spacial score (nSPS) is 10.2. The highest BCUT2D eigenvalue weighted by Gasteiger charge is 2.28. The summed E-state index contributed by atoms with van der Waals surface area (Å²) in [5.74, 6) is -5.26. The minimum absolute atomic E-state index is 0.116. The zero-order chi connectivity index (χ0) is 25.1. The van der Waals surface area contributed by atoms with Crippen molar-refractivity contribution < 1.29 is 58.3 Å². The Morgan fingerprint density at radius 1 is 0.765 bits per heavy atom. The Balaban J connectivity index is 2.41. The van der Waals surface area contributed by atoms with E-state index in [1.807, 2.05) is 6.92 Å². The number of benzene rings is 2. The molecule has 0 radical (unpaired) electrons. The van der Waals surface area contributed by atoms with Gasteiger partial charge in [-0.25, -0.2) is 19.2 Å². The molecule has 0 aliphatic carbocycles. The van der Waals surface area contributed by atoms with Gasteiger partial charge >= 0.3 is 23.9 Å². The second kappa shape index (κ2) is 12.8. The Morgan fingerprint density at radius 3 is 1.82 bits per heavy atom. The van der Waals surface area contributed by atoms with Gasteiger partial charge in [0.2, 0.25) is 0 Å². The maximum atomic E-state index is 12.4. The number of carbonyl (C=O) groups excluding carboxylic acids is 3. The minimum Gasteiger partial charge on any atom is -0.478 e. The van der Waals surface area contributed by atoms with Crippen LogP contribution in [0.5, 0.6) is 11.5 Å². The molecular weight excluding hydrogens is 456 g/mol. The summed E-state index contributed by atoms with van der Waals surface area (Å²) in [6.45, 7) is 2.02. The van der Waals surface area contributed by atoms with Crippen LogP contribution in [0, 0.1) is 0 Å². The lowest BCUT2D eigenvalue weighted by atomic mass is 10.1. The summed E-state index contributed by atoms with van der Waals surface area (Å²) in [4.78, 5) is 76.6. The Hall–Kier alpha value is -4.16. The van der Waals surface area contributed by atoms with E-state index < -0.39 is 35.0 Å². The molecule has 2 rings (SSSR count). The van der Waals surface area contributed by atoms with Gasteiger partial charge in [-0.2, -0.15) is 9.78 Å². The van der Waals surface area contributed by atoms with Crippen LogP contribution in [0.1, 0.15) is 61.2 Å². The van der Waals surface area contributed by atoms with E-state index in [1.165, 1.54) is 36.4 Å². The summed E-state index contributed by atoms with van der Waals surface area (Å²) in [6.07, 6.45) is 1.39. The number of carbonyl (C=O) groups is 4. The molecule has 0 heterocycles. The number of hydrogen-bond acceptors (Lipinski definition) is 11. The molecule has 1 N–H and O–H groups in total. The minimum atomic E-state index is -1.49. The number of ether oxygens (including phenoxy) is 1. The zero-order valence-electron chi connectivity index (χ0n) is 18.5. The molecule has 0 aliphatic heterocycles. The lowest BCUT2D eigenvalue weighted by molar-refractivity contribution is -0.218. The third kappa shape index (κ3) is 6.43. The van der Waals surface area contributed by atoms with E-state index in [9.17, 15) is 24.3 Å². The van der Waals surface area contributed by atoms with E-state index in [0.29, 0.717) is 6.42 Å². The summed E-state index contributed by atoms with van der Waals surface area (Å²) >= 11 is 0. The monoisotopic (exact) mass is 478 g/mol. The fraction of sp³-hybridized carbons (Fsp3) is 0.273. The molecule has 0 fully saturated rings. The number of carboxylic acids is 1. The molecule has 2 aromatic rings. The smallest absolute Gasteiger partial charge is 0.377 e. The molecule has 0 bridgehead atoms. The number of rotatable bonds is 12. The Kier molecular flexibility index (Phi) is 9.80. The lowest BCUT2D eigenvalue weighted by Crippen LogP contribution is -2.18. The topological polar surface area (TPSA) is 153 Å². The van der Waals surface area contributed by atoms with Crippen molar-refractivity contribution in [3.63, 3.8) is 0 Å². The molecule has 0 amide bonds. The van der Waals surface area contributed by atoms with Gasteiger partial charge in [0.25, 0.3) is 0 Å². The van der Waals surface area contributed by atoms with E-state index >= 15 is 0 Å². The molecule has 0 saturated heterocycles. The van der Waals surface area contributed by atoms with Gasteiger partial charge in [0.05, 0.1) is 32.0 Å². The van der Waals surface area contributed by atoms with Crippen LogP contribution in [0.25, 0.3) is 0 Å². The molecule has 0 unspecified atom stereocenters. The van der Waals surface area contributed by atoms with Crippen LogP contribution in [0.2, 0.25) is 0 Å². The van der Waals surface area contributed by atoms with Crippen LogP contribution in [0.4, 0.5) is 0 Å². The van der Waals surface area contributed by atoms with Crippen molar-refractivity contribution in [2.75, 3.05) is 20.8 Å². The fourth-order valence-corrected chi connectivity index (χ4v) is 2.69. The fourth-order valence-electron chi connectivity index (χ4n) is 2.69. The van der Waals surface area contributed by atoms with Crippen molar-refractivity contribution in [1.82, 2.24) is 0 Å². The molecule has 182 valence electrons. The van der Waals surface area contributed by atoms with Gasteiger partial charge in [0.15, 0.2) is 11.5 Å². The average molecular weight is 478 g/mol. The van der Waals surface area contributed by atoms with Crippen molar-refractivity contribution in [3.8, 4) is 11.5 Å². The molecule has 0 saturated carbocycles. The third-order valence-corrected chi connectivity index (χ3v) is 4.18. The first-order valence-corrected chi connectivity index (χ1v) is 9.86. The van der Waals surface area contributed by atoms with Crippen molar-refractivity contribution in [3.05, 3.63) is 58.7 Å². The van der Waals surface area contributed by atoms with E-state index in [2.05, 4.69) is 19.6 Å². The third-order valence-electron chi connectivity index (χ3n) is 4.18. The van der Waals surface area contributed by atoms with E-state index in [4.69, 9.17) is 14.5 Å². The molecule has 2 aromatic carbocycles. The standard InChI is InChI=1S/C22H22O12/c1-4-5-12-30-20(25)13-8-6-10-15(17(13)19(23)24)31-32-16-11-7-9-14(21(26)33-28-2)18(16)22(27)34-29-3/h6-11H,4-5,12H2,1-3H3,(H,23,24). The molecule has 0 spiro atoms. The van der Waals surface area contributed by atoms with Gasteiger partial charge < -0.3 is 9.84 Å². The van der Waals surface area contributed by atoms with Gasteiger partial charge in [-0.05, 0) is 30.7 Å². The van der Waals surface area contributed by atoms with Gasteiger partial charge in [0, 0.05) is 0 Å². The molecule has 0 aliphatic rings. The molecule has 12 heteroatoms. The van der Waals surface area contributed by atoms with E-state index in [-0.39, 0.29) is 29.2 Å². The maximum absolute atomic E-state index is 12.4. The molecular formula is C22H22O12. The first kappa shape index (κ1) is 26.1. The predicted molar refractivity (Wildman–Crippen MR) is 111 cm³/mol. The second-order valence-corrected chi connectivity index (χ2v) is 6.39. The molecule has 0 atom stereocenters. The van der Waals surface area contributed by atoms with Crippen LogP contribution in [-0.2, 0) is 24.3 Å². The molecule has 34 heavy (non-hydrogen) atoms. The molecule has 12 nitrogen and oxygen atoms in total. The van der Waals surface area contributed by atoms with Crippen molar-refractivity contribution in [1.29, 1.82) is 0 Å². The summed E-state index contributed by atoms with van der Waals surface area (Å²) in [7, 11) is 2.15. The van der Waals surface area contributed by atoms with Gasteiger partial charge in [-0.3, -0.25) is 19.6 Å². The highest BCUT2D eigenvalue weighted by atomic mass is 17.2. The van der Waals surface area contributed by atoms with Crippen molar-refractivity contribution >= 4 is 23.9 Å². The van der Waals surface area contributed by atoms with Crippen LogP contribution < -0.4 is 9.78 Å². The summed E-state index contributed by atoms with van der Waals surface area (Å²) in [5.41, 5.74) is -1.57. The quantitative estimate of drug-likeness (QED) is 0.206. The van der Waals surface area contributed by atoms with Crippen LogP contribution in [0.15, 0.2) is 36.4 Å². The number of carboxylic acid groups (broad SMARTS) is 1. The van der Waals surface area contributed by atoms with Crippen LogP contribution >= 0.6 is 0 Å². The van der Waals surface area contributed by atoms with Crippen LogP contribution in [0.3, 0.4) is 0 Å². The Morgan fingerprint density at radius 2 is 1.29 bits per heavy atom. The number of aromatic carboxylic acids is 1. The first-order chi connectivity index (χ1) is 16.3. The Labute approximate surface area is 193 Å². The zero-order valence-corrected chi connectivity index (χ0v) is 18.5. The van der Waals surface area contributed by atoms with Gasteiger partial charge in [-0.1, -0.05) is 25.5 Å². The van der Waals surface area contributed by atoms with Crippen molar-refractivity contribution in [2.45, 2.75) is 19.8 Å². The summed E-state index contributed by atoms with van der Waals surface area (Å²) in [6, 6.07) is 7.62. The lowest BCUT2D eigenvalue weighted by Gasteiger charge is -2.14. The van der Waals surface area contributed by atoms with Crippen molar-refractivity contribution in [2.24, 2.45) is 0 Å². The van der Waals surface area contributed by atoms with Crippen LogP contribution in [-0.4, -0.2) is 49.8 Å². The highest BCUT2D eigenvalue weighted by Crippen LogP contribution is 2.28. The maximum Gasteiger partial charge on any atom is 0.377 e.